The fourth-order valence-corrected chi connectivity index (χ4v) is 2.89. The number of carbonyl (C=O) groups is 1. The van der Waals surface area contributed by atoms with E-state index in [9.17, 15) is 4.79 Å². The van der Waals surface area contributed by atoms with E-state index in [1.54, 1.807) is 12.4 Å². The molecule has 0 amide bonds. The number of Topliss-reactive ketones (excluding diaryl/α,β-unsaturated/α-hetero) is 1. The van der Waals surface area contributed by atoms with Crippen molar-refractivity contribution in [1.82, 2.24) is 9.97 Å². The van der Waals surface area contributed by atoms with E-state index in [0.717, 1.165) is 18.4 Å². The first-order valence-electron chi connectivity index (χ1n) is 6.20. The van der Waals surface area contributed by atoms with Crippen molar-refractivity contribution in [2.75, 3.05) is 5.75 Å². The van der Waals surface area contributed by atoms with Gasteiger partial charge in [-0.15, -0.1) is 0 Å². The van der Waals surface area contributed by atoms with E-state index in [4.69, 9.17) is 0 Å². The molecule has 3 nitrogen and oxygen atoms in total. The Morgan fingerprint density at radius 1 is 1.29 bits per heavy atom. The largest absolute Gasteiger partial charge is 0.298 e. The zero-order chi connectivity index (χ0) is 12.1. The lowest BCUT2D eigenvalue weighted by molar-refractivity contribution is -0.121. The van der Waals surface area contributed by atoms with Crippen molar-refractivity contribution in [2.24, 2.45) is 5.92 Å². The van der Waals surface area contributed by atoms with Crippen LogP contribution in [0, 0.1) is 12.8 Å². The molecule has 2 rings (SSSR count). The highest BCUT2D eigenvalue weighted by Crippen LogP contribution is 2.26. The molecule has 17 heavy (non-hydrogen) atoms. The molecule has 0 saturated heterocycles. The number of hydrogen-bond donors (Lipinski definition) is 0. The Kier molecular flexibility index (Phi) is 4.54. The molecular formula is C13H18N2OS. The highest BCUT2D eigenvalue weighted by atomic mass is 32.2. The normalized spacial score (nSPS) is 17.0. The maximum Gasteiger partial charge on any atom is 0.187 e. The molecule has 0 aliphatic heterocycles. The van der Waals surface area contributed by atoms with Gasteiger partial charge in [0.15, 0.2) is 5.16 Å². The van der Waals surface area contributed by atoms with Gasteiger partial charge in [-0.2, -0.15) is 0 Å². The fraction of sp³-hybridized carbons (Fsp3) is 0.615. The summed E-state index contributed by atoms with van der Waals surface area (Å²) in [6, 6.07) is 0. The molecule has 1 aliphatic rings. The molecule has 1 heterocycles. The summed E-state index contributed by atoms with van der Waals surface area (Å²) in [5.74, 6) is 1.19. The van der Waals surface area contributed by atoms with Crippen LogP contribution in [0.15, 0.2) is 17.6 Å². The van der Waals surface area contributed by atoms with Crippen LogP contribution < -0.4 is 0 Å². The van der Waals surface area contributed by atoms with Crippen molar-refractivity contribution in [3.8, 4) is 0 Å². The Hall–Kier alpha value is -0.900. The number of aryl methyl sites for hydroxylation is 1. The van der Waals surface area contributed by atoms with Crippen LogP contribution in [0.25, 0.3) is 0 Å². The monoisotopic (exact) mass is 250 g/mol. The van der Waals surface area contributed by atoms with Gasteiger partial charge in [-0.3, -0.25) is 4.79 Å². The molecule has 1 saturated carbocycles. The Balaban J connectivity index is 1.81. The molecule has 0 spiro atoms. The van der Waals surface area contributed by atoms with Crippen LogP contribution in [0.2, 0.25) is 0 Å². The summed E-state index contributed by atoms with van der Waals surface area (Å²) < 4.78 is 0. The van der Waals surface area contributed by atoms with Crippen LogP contribution in [-0.4, -0.2) is 21.5 Å². The zero-order valence-corrected chi connectivity index (χ0v) is 11.0. The molecule has 0 aromatic carbocycles. The second kappa shape index (κ2) is 6.15. The van der Waals surface area contributed by atoms with E-state index in [-0.39, 0.29) is 0 Å². The van der Waals surface area contributed by atoms with E-state index in [0.29, 0.717) is 22.6 Å². The summed E-state index contributed by atoms with van der Waals surface area (Å²) in [6.07, 6.45) is 9.45. The summed E-state index contributed by atoms with van der Waals surface area (Å²) in [5.41, 5.74) is 1.05. The maximum atomic E-state index is 12.0. The highest BCUT2D eigenvalue weighted by molar-refractivity contribution is 7.99. The number of ketones is 1. The predicted molar refractivity (Wildman–Crippen MR) is 69.1 cm³/mol. The molecule has 1 fully saturated rings. The van der Waals surface area contributed by atoms with Gasteiger partial charge >= 0.3 is 0 Å². The minimum atomic E-state index is 0.293. The minimum Gasteiger partial charge on any atom is -0.298 e. The second-order valence-electron chi connectivity index (χ2n) is 4.63. The first-order valence-corrected chi connectivity index (χ1v) is 7.18. The van der Waals surface area contributed by atoms with Gasteiger partial charge in [0.25, 0.3) is 0 Å². The molecule has 0 N–H and O–H groups in total. The van der Waals surface area contributed by atoms with E-state index < -0.39 is 0 Å². The molecule has 92 valence electrons. The van der Waals surface area contributed by atoms with Gasteiger partial charge < -0.3 is 0 Å². The average Bonchev–Trinajstić information content (AvgIpc) is 2.39. The van der Waals surface area contributed by atoms with Gasteiger partial charge in [-0.25, -0.2) is 9.97 Å². The van der Waals surface area contributed by atoms with E-state index in [1.165, 1.54) is 31.0 Å². The first-order chi connectivity index (χ1) is 8.25. The number of nitrogens with zero attached hydrogens (tertiary/aromatic N) is 2. The quantitative estimate of drug-likeness (QED) is 0.608. The second-order valence-corrected chi connectivity index (χ2v) is 5.58. The fourth-order valence-electron chi connectivity index (χ4n) is 2.13. The van der Waals surface area contributed by atoms with E-state index in [1.807, 2.05) is 6.92 Å². The van der Waals surface area contributed by atoms with Crippen molar-refractivity contribution in [3.63, 3.8) is 0 Å². The Morgan fingerprint density at radius 2 is 1.94 bits per heavy atom. The standard InChI is InChI=1S/C13H18N2OS/c1-10-7-14-13(15-8-10)17-9-12(16)11-5-3-2-4-6-11/h7-8,11H,2-6,9H2,1H3. The average molecular weight is 250 g/mol. The van der Waals surface area contributed by atoms with Crippen LogP contribution in [0.5, 0.6) is 0 Å². The van der Waals surface area contributed by atoms with E-state index >= 15 is 0 Å². The topological polar surface area (TPSA) is 42.9 Å². The SMILES string of the molecule is Cc1cnc(SCC(=O)C2CCCCC2)nc1. The van der Waals surface area contributed by atoms with Gasteiger partial charge in [-0.1, -0.05) is 31.0 Å². The number of aromatic nitrogens is 2. The molecule has 0 radical (unpaired) electrons. The molecule has 4 heteroatoms. The summed E-state index contributed by atoms with van der Waals surface area (Å²) in [6.45, 7) is 1.96. The van der Waals surface area contributed by atoms with Crippen LogP contribution in [0.3, 0.4) is 0 Å². The molecule has 0 atom stereocenters. The van der Waals surface area contributed by atoms with Gasteiger partial charge in [0.05, 0.1) is 5.75 Å². The summed E-state index contributed by atoms with van der Waals surface area (Å²) >= 11 is 1.46. The van der Waals surface area contributed by atoms with Crippen molar-refractivity contribution in [3.05, 3.63) is 18.0 Å². The van der Waals surface area contributed by atoms with Gasteiger partial charge in [0.1, 0.15) is 5.78 Å². The highest BCUT2D eigenvalue weighted by Gasteiger charge is 2.21. The Labute approximate surface area is 106 Å². The molecule has 1 aromatic rings. The molecule has 0 bridgehead atoms. The summed E-state index contributed by atoms with van der Waals surface area (Å²) in [5, 5.41) is 0.708. The Bertz CT molecular complexity index is 372. The predicted octanol–water partition coefficient (Wildman–Crippen LogP) is 3.03. The number of rotatable bonds is 4. The number of carbonyl (C=O) groups excluding carboxylic acids is 1. The van der Waals surface area contributed by atoms with Gasteiger partial charge in [0, 0.05) is 18.3 Å². The number of hydrogen-bond acceptors (Lipinski definition) is 4. The van der Waals surface area contributed by atoms with Crippen molar-refractivity contribution in [1.29, 1.82) is 0 Å². The minimum absolute atomic E-state index is 0.293. The van der Waals surface area contributed by atoms with Gasteiger partial charge in [0.2, 0.25) is 0 Å². The molecule has 1 aromatic heterocycles. The molecule has 1 aliphatic carbocycles. The van der Waals surface area contributed by atoms with E-state index in [2.05, 4.69) is 9.97 Å². The number of thioether (sulfide) groups is 1. The summed E-state index contributed by atoms with van der Waals surface area (Å²) in [4.78, 5) is 20.4. The van der Waals surface area contributed by atoms with Crippen LogP contribution in [0.1, 0.15) is 37.7 Å². The first kappa shape index (κ1) is 12.6. The lowest BCUT2D eigenvalue weighted by Gasteiger charge is -2.19. The summed E-state index contributed by atoms with van der Waals surface area (Å²) in [7, 11) is 0. The third-order valence-corrected chi connectivity index (χ3v) is 4.06. The molecule has 0 unspecified atom stereocenters. The third-order valence-electron chi connectivity index (χ3n) is 3.16. The van der Waals surface area contributed by atoms with Crippen molar-refractivity contribution >= 4 is 17.5 Å². The third kappa shape index (κ3) is 3.80. The lowest BCUT2D eigenvalue weighted by Crippen LogP contribution is -2.19. The Morgan fingerprint density at radius 3 is 2.59 bits per heavy atom. The van der Waals surface area contributed by atoms with Crippen LogP contribution in [-0.2, 0) is 4.79 Å². The zero-order valence-electron chi connectivity index (χ0n) is 10.2. The molecular weight excluding hydrogens is 232 g/mol. The van der Waals surface area contributed by atoms with Crippen molar-refractivity contribution < 1.29 is 4.79 Å². The maximum absolute atomic E-state index is 12.0. The van der Waals surface area contributed by atoms with Crippen LogP contribution in [0.4, 0.5) is 0 Å². The smallest absolute Gasteiger partial charge is 0.187 e. The van der Waals surface area contributed by atoms with Gasteiger partial charge in [-0.05, 0) is 25.3 Å². The lowest BCUT2D eigenvalue weighted by atomic mass is 9.87. The van der Waals surface area contributed by atoms with Crippen LogP contribution >= 0.6 is 11.8 Å². The van der Waals surface area contributed by atoms with Crippen molar-refractivity contribution in [2.45, 2.75) is 44.2 Å².